The molecule has 90 valence electrons. The zero-order chi connectivity index (χ0) is 12.7. The Hall–Kier alpha value is -0.690. The highest BCUT2D eigenvalue weighted by atomic mass is 35.5. The number of hydrogen-bond donors (Lipinski definition) is 0. The molecule has 0 N–H and O–H groups in total. The van der Waals surface area contributed by atoms with Crippen molar-refractivity contribution in [1.82, 2.24) is 0 Å². The van der Waals surface area contributed by atoms with E-state index in [1.165, 1.54) is 0 Å². The van der Waals surface area contributed by atoms with E-state index in [4.69, 9.17) is 11.6 Å². The van der Waals surface area contributed by atoms with Gasteiger partial charge in [0, 0.05) is 5.02 Å². The van der Waals surface area contributed by atoms with Crippen molar-refractivity contribution >= 4 is 11.6 Å². The molecule has 0 bridgehead atoms. The largest absolute Gasteiger partial charge is 0.872 e. The van der Waals surface area contributed by atoms with Gasteiger partial charge in [0.2, 0.25) is 0 Å². The highest BCUT2D eigenvalue weighted by Gasteiger charge is 2.21. The van der Waals surface area contributed by atoms with Gasteiger partial charge in [-0.1, -0.05) is 53.1 Å². The highest BCUT2D eigenvalue weighted by molar-refractivity contribution is 6.30. The van der Waals surface area contributed by atoms with Crippen molar-refractivity contribution in [2.75, 3.05) is 0 Å². The standard InChI is InChI=1S/C14H21ClO/c1-13(2,3)10-7-9(15)8-11(12(10)16)14(4,5)6/h7-8,16H,1-6H3/p-1. The zero-order valence-corrected chi connectivity index (χ0v) is 11.7. The molecular formula is C14H20ClO-. The average molecular weight is 240 g/mol. The Morgan fingerprint density at radius 2 is 1.19 bits per heavy atom. The van der Waals surface area contributed by atoms with Crippen molar-refractivity contribution in [3.63, 3.8) is 0 Å². The van der Waals surface area contributed by atoms with Crippen LogP contribution >= 0.6 is 11.6 Å². The van der Waals surface area contributed by atoms with E-state index in [1.807, 2.05) is 41.5 Å². The summed E-state index contributed by atoms with van der Waals surface area (Å²) in [6.45, 7) is 12.2. The molecule has 0 spiro atoms. The second-order valence-electron chi connectivity index (χ2n) is 6.33. The summed E-state index contributed by atoms with van der Waals surface area (Å²) in [4.78, 5) is 0. The van der Waals surface area contributed by atoms with Gasteiger partial charge >= 0.3 is 0 Å². The lowest BCUT2D eigenvalue weighted by Crippen LogP contribution is -2.20. The summed E-state index contributed by atoms with van der Waals surface area (Å²) in [6, 6.07) is 3.58. The van der Waals surface area contributed by atoms with Crippen LogP contribution in [0.5, 0.6) is 5.75 Å². The molecule has 0 aliphatic rings. The van der Waals surface area contributed by atoms with Gasteiger partial charge < -0.3 is 5.11 Å². The number of rotatable bonds is 0. The van der Waals surface area contributed by atoms with E-state index in [-0.39, 0.29) is 16.6 Å². The van der Waals surface area contributed by atoms with E-state index < -0.39 is 0 Å². The Bertz CT molecular complexity index is 359. The van der Waals surface area contributed by atoms with Crippen LogP contribution in [0.2, 0.25) is 5.02 Å². The van der Waals surface area contributed by atoms with E-state index >= 15 is 0 Å². The van der Waals surface area contributed by atoms with Crippen molar-refractivity contribution in [1.29, 1.82) is 0 Å². The van der Waals surface area contributed by atoms with E-state index in [0.29, 0.717) is 5.02 Å². The smallest absolute Gasteiger partial charge is 0.0411 e. The third kappa shape index (κ3) is 2.70. The van der Waals surface area contributed by atoms with E-state index in [0.717, 1.165) is 11.1 Å². The molecule has 1 rings (SSSR count). The lowest BCUT2D eigenvalue weighted by molar-refractivity contribution is -0.271. The topological polar surface area (TPSA) is 23.1 Å². The van der Waals surface area contributed by atoms with Crippen LogP contribution in [0.1, 0.15) is 52.7 Å². The zero-order valence-electron chi connectivity index (χ0n) is 10.9. The Kier molecular flexibility index (Phi) is 3.31. The maximum absolute atomic E-state index is 12.4. The summed E-state index contributed by atoms with van der Waals surface area (Å²) in [6.07, 6.45) is 0. The fourth-order valence-electron chi connectivity index (χ4n) is 1.71. The second-order valence-corrected chi connectivity index (χ2v) is 6.77. The molecule has 0 atom stereocenters. The molecule has 0 aliphatic carbocycles. The predicted octanol–water partition coefficient (Wildman–Crippen LogP) is 4.01. The summed E-state index contributed by atoms with van der Waals surface area (Å²) >= 11 is 6.10. The molecule has 0 radical (unpaired) electrons. The van der Waals surface area contributed by atoms with Gasteiger partial charge in [-0.25, -0.2) is 0 Å². The summed E-state index contributed by atoms with van der Waals surface area (Å²) < 4.78 is 0. The van der Waals surface area contributed by atoms with Crippen LogP contribution in [-0.4, -0.2) is 0 Å². The first kappa shape index (κ1) is 13.4. The SMILES string of the molecule is CC(C)(C)c1cc(Cl)cc(C(C)(C)C)c1[O-]. The third-order valence-corrected chi connectivity index (χ3v) is 2.89. The molecule has 0 fully saturated rings. The van der Waals surface area contributed by atoms with Gasteiger partial charge in [0.25, 0.3) is 0 Å². The Morgan fingerprint density at radius 1 is 0.875 bits per heavy atom. The molecule has 1 aromatic rings. The molecule has 0 unspecified atom stereocenters. The molecule has 16 heavy (non-hydrogen) atoms. The molecular weight excluding hydrogens is 220 g/mol. The van der Waals surface area contributed by atoms with Crippen molar-refractivity contribution in [3.8, 4) is 5.75 Å². The molecule has 0 heterocycles. The second kappa shape index (κ2) is 3.96. The molecule has 0 saturated heterocycles. The first-order valence-electron chi connectivity index (χ1n) is 5.55. The maximum Gasteiger partial charge on any atom is 0.0411 e. The number of benzene rings is 1. The predicted molar refractivity (Wildman–Crippen MR) is 68.3 cm³/mol. The van der Waals surface area contributed by atoms with Gasteiger partial charge in [0.05, 0.1) is 0 Å². The van der Waals surface area contributed by atoms with Crippen LogP contribution in [0.3, 0.4) is 0 Å². The van der Waals surface area contributed by atoms with Gasteiger partial charge in [0.1, 0.15) is 0 Å². The monoisotopic (exact) mass is 239 g/mol. The minimum Gasteiger partial charge on any atom is -0.872 e. The van der Waals surface area contributed by atoms with Crippen molar-refractivity contribution < 1.29 is 5.11 Å². The van der Waals surface area contributed by atoms with Gasteiger partial charge in [0.15, 0.2) is 0 Å². The van der Waals surface area contributed by atoms with E-state index in [1.54, 1.807) is 12.1 Å². The minimum absolute atomic E-state index is 0.129. The van der Waals surface area contributed by atoms with Gasteiger partial charge in [-0.2, -0.15) is 0 Å². The summed E-state index contributed by atoms with van der Waals surface area (Å²) in [5, 5.41) is 13.0. The van der Waals surface area contributed by atoms with Crippen LogP contribution in [0, 0.1) is 0 Å². The first-order valence-corrected chi connectivity index (χ1v) is 5.93. The van der Waals surface area contributed by atoms with Crippen LogP contribution in [0.15, 0.2) is 12.1 Å². The number of halogens is 1. The highest BCUT2D eigenvalue weighted by Crippen LogP contribution is 2.39. The molecule has 1 aromatic carbocycles. The average Bonchev–Trinajstić information content (AvgIpc) is 2.04. The van der Waals surface area contributed by atoms with Crippen molar-refractivity contribution in [2.24, 2.45) is 0 Å². The van der Waals surface area contributed by atoms with Gasteiger partial charge in [-0.3, -0.25) is 0 Å². The third-order valence-electron chi connectivity index (χ3n) is 2.67. The maximum atomic E-state index is 12.4. The van der Waals surface area contributed by atoms with Crippen LogP contribution < -0.4 is 5.11 Å². The van der Waals surface area contributed by atoms with Crippen LogP contribution in [-0.2, 0) is 10.8 Å². The fraction of sp³-hybridized carbons (Fsp3) is 0.571. The van der Waals surface area contributed by atoms with Gasteiger partial charge in [-0.15, -0.1) is 5.75 Å². The molecule has 0 aliphatic heterocycles. The molecule has 0 saturated carbocycles. The van der Waals surface area contributed by atoms with Crippen LogP contribution in [0.4, 0.5) is 0 Å². The fourth-order valence-corrected chi connectivity index (χ4v) is 1.93. The van der Waals surface area contributed by atoms with E-state index in [9.17, 15) is 5.11 Å². The Labute approximate surface area is 103 Å². The Morgan fingerprint density at radius 3 is 1.44 bits per heavy atom. The molecule has 2 heteroatoms. The van der Waals surface area contributed by atoms with Gasteiger partial charge in [-0.05, 0) is 34.1 Å². The summed E-state index contributed by atoms with van der Waals surface area (Å²) in [7, 11) is 0. The van der Waals surface area contributed by atoms with Crippen molar-refractivity contribution in [3.05, 3.63) is 28.3 Å². The minimum atomic E-state index is -0.165. The lowest BCUT2D eigenvalue weighted by Gasteiger charge is -2.33. The van der Waals surface area contributed by atoms with E-state index in [2.05, 4.69) is 0 Å². The van der Waals surface area contributed by atoms with Crippen molar-refractivity contribution in [2.45, 2.75) is 52.4 Å². The normalized spacial score (nSPS) is 12.9. The molecule has 0 amide bonds. The molecule has 0 aromatic heterocycles. The summed E-state index contributed by atoms with van der Waals surface area (Å²) in [5.74, 6) is 0.129. The molecule has 1 nitrogen and oxygen atoms in total. The number of hydrogen-bond acceptors (Lipinski definition) is 1. The van der Waals surface area contributed by atoms with Crippen LogP contribution in [0.25, 0.3) is 0 Å². The quantitative estimate of drug-likeness (QED) is 0.671. The Balaban J connectivity index is 3.51. The first-order chi connectivity index (χ1) is 7.03. The lowest BCUT2D eigenvalue weighted by atomic mass is 9.79. The summed E-state index contributed by atoms with van der Waals surface area (Å²) in [5.41, 5.74) is 1.26.